The quantitative estimate of drug-likeness (QED) is 0.584. The second-order valence-corrected chi connectivity index (χ2v) is 2.81. The summed E-state index contributed by atoms with van der Waals surface area (Å²) in [6.07, 6.45) is -0.965. The lowest BCUT2D eigenvalue weighted by atomic mass is 10.2. The van der Waals surface area contributed by atoms with Crippen LogP contribution in [0, 0.1) is 0 Å². The normalized spacial score (nSPS) is 9.06. The molecule has 2 amide bonds. The van der Waals surface area contributed by atoms with Crippen LogP contribution >= 0.6 is 0 Å². The summed E-state index contributed by atoms with van der Waals surface area (Å²) in [6, 6.07) is 8.49. The van der Waals surface area contributed by atoms with Crippen molar-refractivity contribution in [1.29, 1.82) is 0 Å². The van der Waals surface area contributed by atoms with Gasteiger partial charge in [0.25, 0.3) is 0 Å². The summed E-state index contributed by atoms with van der Waals surface area (Å²) in [5, 5.41) is 2.21. The van der Waals surface area contributed by atoms with Crippen LogP contribution in [0.5, 0.6) is 0 Å². The second-order valence-electron chi connectivity index (χ2n) is 2.81. The van der Waals surface area contributed by atoms with E-state index in [2.05, 4.69) is 10.2 Å². The number of hydrogen-bond acceptors (Lipinski definition) is 4. The fourth-order valence-corrected chi connectivity index (χ4v) is 0.885. The van der Waals surface area contributed by atoms with E-state index in [1.54, 1.807) is 12.1 Å². The molecule has 0 saturated carbocycles. The first-order valence-electron chi connectivity index (χ1n) is 4.57. The van der Waals surface area contributed by atoms with Crippen LogP contribution in [0.25, 0.3) is 0 Å². The van der Waals surface area contributed by atoms with Crippen LogP contribution in [-0.2, 0) is 16.2 Å². The minimum absolute atomic E-state index is 0.0924. The number of carbonyl (C=O) groups excluding carboxylic acids is 2. The van der Waals surface area contributed by atoms with Gasteiger partial charge < -0.3 is 14.9 Å². The molecule has 1 rings (SSSR count). The van der Waals surface area contributed by atoms with Gasteiger partial charge in [0.15, 0.2) is 0 Å². The number of ether oxygens (including phenoxy) is 1. The van der Waals surface area contributed by atoms with Gasteiger partial charge in [-0.15, -0.1) is 0 Å². The molecule has 1 aromatic carbocycles. The van der Waals surface area contributed by atoms with Crippen molar-refractivity contribution in [3.63, 3.8) is 0 Å². The molecule has 1 aromatic rings. The molecule has 0 atom stereocenters. The second kappa shape index (κ2) is 6.28. The molecule has 0 unspecified atom stereocenters. The summed E-state index contributed by atoms with van der Waals surface area (Å²) in [5.41, 5.74) is 2.68. The number of amides is 2. The number of benzene rings is 1. The van der Waals surface area contributed by atoms with E-state index in [0.29, 0.717) is 0 Å². The molecule has 0 radical (unpaired) electrons. The Labute approximate surface area is 92.5 Å². The summed E-state index contributed by atoms with van der Waals surface area (Å²) >= 11 is 0. The number of carbonyl (C=O) groups is 2. The predicted molar refractivity (Wildman–Crippen MR) is 55.3 cm³/mol. The first-order valence-corrected chi connectivity index (χ1v) is 4.57. The number of hydroxylamine groups is 1. The largest absolute Gasteiger partial charge is 0.533 e. The van der Waals surface area contributed by atoms with E-state index in [9.17, 15) is 9.59 Å². The lowest BCUT2D eigenvalue weighted by molar-refractivity contribution is 0.0229. The molecule has 0 aliphatic carbocycles. The van der Waals surface area contributed by atoms with Crippen LogP contribution < -0.4 is 10.8 Å². The first kappa shape index (κ1) is 11.8. The number of rotatable bonds is 2. The van der Waals surface area contributed by atoms with E-state index in [0.717, 1.165) is 5.56 Å². The summed E-state index contributed by atoms with van der Waals surface area (Å²) < 4.78 is 4.72. The Morgan fingerprint density at radius 3 is 2.56 bits per heavy atom. The topological polar surface area (TPSA) is 76.7 Å². The molecule has 0 aliphatic rings. The highest BCUT2D eigenvalue weighted by Gasteiger charge is 2.06. The fourth-order valence-electron chi connectivity index (χ4n) is 0.885. The molecule has 0 bridgehead atoms. The molecule has 0 aliphatic heterocycles. The van der Waals surface area contributed by atoms with Crippen molar-refractivity contribution in [2.24, 2.45) is 0 Å². The van der Waals surface area contributed by atoms with Crippen molar-refractivity contribution >= 4 is 12.2 Å². The minimum Gasteiger partial charge on any atom is -0.428 e. The average Bonchev–Trinajstić information content (AvgIpc) is 2.34. The maximum absolute atomic E-state index is 10.9. The van der Waals surface area contributed by atoms with Gasteiger partial charge in [0, 0.05) is 7.05 Å². The number of hydrogen-bond donors (Lipinski definition) is 2. The van der Waals surface area contributed by atoms with E-state index in [1.165, 1.54) is 7.05 Å². The Morgan fingerprint density at radius 1 is 1.25 bits per heavy atom. The molecule has 86 valence electrons. The van der Waals surface area contributed by atoms with Gasteiger partial charge in [-0.2, -0.15) is 5.48 Å². The Bertz CT molecular complexity index is 353. The molecule has 0 fully saturated rings. The summed E-state index contributed by atoms with van der Waals surface area (Å²) in [6.45, 7) is 0.0924. The van der Waals surface area contributed by atoms with Gasteiger partial charge in [0.2, 0.25) is 0 Å². The zero-order valence-electron chi connectivity index (χ0n) is 8.73. The van der Waals surface area contributed by atoms with E-state index in [4.69, 9.17) is 4.74 Å². The molecule has 2 N–H and O–H groups in total. The minimum atomic E-state index is -0.965. The third-order valence-corrected chi connectivity index (χ3v) is 1.65. The Morgan fingerprint density at radius 2 is 1.94 bits per heavy atom. The number of urea groups is 1. The number of nitrogens with one attached hydrogen (secondary N) is 2. The van der Waals surface area contributed by atoms with Gasteiger partial charge in [-0.1, -0.05) is 30.3 Å². The molecular formula is C10H12N2O4. The van der Waals surface area contributed by atoms with E-state index >= 15 is 0 Å². The standard InChI is InChI=1S/C10H12N2O4/c1-11-9(13)12-16-10(14)15-7-8-5-3-2-4-6-8/h2-6H,7H2,1H3,(H2,11,12,13). The van der Waals surface area contributed by atoms with Crippen LogP contribution in [0.15, 0.2) is 30.3 Å². The zero-order valence-corrected chi connectivity index (χ0v) is 8.73. The van der Waals surface area contributed by atoms with Crippen molar-refractivity contribution in [3.05, 3.63) is 35.9 Å². The highest BCUT2D eigenvalue weighted by molar-refractivity contribution is 5.74. The van der Waals surface area contributed by atoms with Gasteiger partial charge in [0.1, 0.15) is 6.61 Å². The molecule has 0 spiro atoms. The van der Waals surface area contributed by atoms with Crippen LogP contribution in [0.4, 0.5) is 9.59 Å². The third kappa shape index (κ3) is 4.32. The molecule has 6 heteroatoms. The maximum atomic E-state index is 10.9. The Kier molecular flexibility index (Phi) is 4.65. The SMILES string of the molecule is CNC(=O)NOC(=O)OCc1ccccc1. The smallest absolute Gasteiger partial charge is 0.428 e. The predicted octanol–water partition coefficient (Wildman–Crippen LogP) is 1.18. The Hall–Kier alpha value is -2.24. The highest BCUT2D eigenvalue weighted by Crippen LogP contribution is 2.00. The Balaban J connectivity index is 2.23. The van der Waals surface area contributed by atoms with Crippen molar-refractivity contribution in [1.82, 2.24) is 10.8 Å². The third-order valence-electron chi connectivity index (χ3n) is 1.65. The van der Waals surface area contributed by atoms with E-state index < -0.39 is 12.2 Å². The molecule has 6 nitrogen and oxygen atoms in total. The summed E-state index contributed by atoms with van der Waals surface area (Å²) in [5.74, 6) is 0. The van der Waals surface area contributed by atoms with Crippen LogP contribution in [0.1, 0.15) is 5.56 Å². The van der Waals surface area contributed by atoms with E-state index in [-0.39, 0.29) is 6.61 Å². The summed E-state index contributed by atoms with van der Waals surface area (Å²) in [4.78, 5) is 25.9. The fraction of sp³-hybridized carbons (Fsp3) is 0.200. The molecular weight excluding hydrogens is 212 g/mol. The van der Waals surface area contributed by atoms with Gasteiger partial charge in [-0.25, -0.2) is 9.59 Å². The molecule has 0 saturated heterocycles. The van der Waals surface area contributed by atoms with Gasteiger partial charge in [-0.05, 0) is 5.56 Å². The monoisotopic (exact) mass is 224 g/mol. The van der Waals surface area contributed by atoms with Crippen LogP contribution in [0.3, 0.4) is 0 Å². The van der Waals surface area contributed by atoms with Crippen molar-refractivity contribution in [2.75, 3.05) is 7.05 Å². The van der Waals surface area contributed by atoms with Gasteiger partial charge >= 0.3 is 12.2 Å². The lowest BCUT2D eigenvalue weighted by Crippen LogP contribution is -2.34. The molecule has 0 aromatic heterocycles. The van der Waals surface area contributed by atoms with Crippen LogP contribution in [-0.4, -0.2) is 19.2 Å². The molecule has 0 heterocycles. The van der Waals surface area contributed by atoms with Gasteiger partial charge in [0.05, 0.1) is 0 Å². The lowest BCUT2D eigenvalue weighted by Gasteiger charge is -2.05. The van der Waals surface area contributed by atoms with Crippen molar-refractivity contribution in [2.45, 2.75) is 6.61 Å². The van der Waals surface area contributed by atoms with Crippen molar-refractivity contribution < 1.29 is 19.2 Å². The highest BCUT2D eigenvalue weighted by atomic mass is 16.8. The summed E-state index contributed by atoms with van der Waals surface area (Å²) in [7, 11) is 1.40. The van der Waals surface area contributed by atoms with Crippen LogP contribution in [0.2, 0.25) is 0 Å². The maximum Gasteiger partial charge on any atom is 0.533 e. The zero-order chi connectivity index (χ0) is 11.8. The average molecular weight is 224 g/mol. The molecule has 16 heavy (non-hydrogen) atoms. The van der Waals surface area contributed by atoms with Crippen molar-refractivity contribution in [3.8, 4) is 0 Å². The van der Waals surface area contributed by atoms with Gasteiger partial charge in [-0.3, -0.25) is 0 Å². The first-order chi connectivity index (χ1) is 7.72. The van der Waals surface area contributed by atoms with E-state index in [1.807, 2.05) is 23.7 Å².